The van der Waals surface area contributed by atoms with Crippen molar-refractivity contribution in [3.05, 3.63) is 40.3 Å². The number of hydrogen-bond donors (Lipinski definition) is 0. The third-order valence-corrected chi connectivity index (χ3v) is 4.72. The third-order valence-electron chi connectivity index (χ3n) is 4.32. The summed E-state index contributed by atoms with van der Waals surface area (Å²) in [5.41, 5.74) is 2.56. The van der Waals surface area contributed by atoms with E-state index in [2.05, 4.69) is 40.8 Å². The van der Waals surface area contributed by atoms with E-state index >= 15 is 0 Å². The van der Waals surface area contributed by atoms with Gasteiger partial charge in [-0.05, 0) is 48.0 Å². The van der Waals surface area contributed by atoms with Crippen molar-refractivity contribution in [2.24, 2.45) is 0 Å². The van der Waals surface area contributed by atoms with Gasteiger partial charge in [-0.3, -0.25) is 0 Å². The summed E-state index contributed by atoms with van der Waals surface area (Å²) in [6.45, 7) is 1.02. The van der Waals surface area contributed by atoms with Gasteiger partial charge in [0.05, 0.1) is 10.5 Å². The van der Waals surface area contributed by atoms with Gasteiger partial charge >= 0.3 is 0 Å². The number of fused-ring (bicyclic) bond motifs is 1. The zero-order valence-electron chi connectivity index (χ0n) is 11.7. The van der Waals surface area contributed by atoms with Crippen LogP contribution in [0.25, 0.3) is 0 Å². The summed E-state index contributed by atoms with van der Waals surface area (Å²) in [6, 6.07) is 0.234. The average Bonchev–Trinajstić information content (AvgIpc) is 3.16. The van der Waals surface area contributed by atoms with Crippen LogP contribution in [0.4, 0.5) is 5.82 Å². The molecule has 3 heterocycles. The second-order valence-electron chi connectivity index (χ2n) is 5.59. The van der Waals surface area contributed by atoms with Crippen LogP contribution in [0, 0.1) is 0 Å². The minimum atomic E-state index is 0.234. The molecule has 0 radical (unpaired) electrons. The van der Waals surface area contributed by atoms with Crippen molar-refractivity contribution in [1.29, 1.82) is 0 Å². The molecule has 1 unspecified atom stereocenters. The Bertz CT molecular complexity index is 658. The molecule has 1 saturated heterocycles. The number of rotatable bonds is 2. The lowest BCUT2D eigenvalue weighted by Gasteiger charge is -2.26. The van der Waals surface area contributed by atoms with Gasteiger partial charge in [0.15, 0.2) is 5.82 Å². The molecule has 6 heteroatoms. The first-order chi connectivity index (χ1) is 10.3. The first-order valence-corrected chi connectivity index (χ1v) is 8.19. The van der Waals surface area contributed by atoms with E-state index in [-0.39, 0.29) is 6.04 Å². The molecule has 2 aromatic rings. The van der Waals surface area contributed by atoms with E-state index < -0.39 is 0 Å². The first kappa shape index (κ1) is 13.1. The highest BCUT2D eigenvalue weighted by Crippen LogP contribution is 2.37. The number of aromatic nitrogens is 4. The zero-order chi connectivity index (χ0) is 14.2. The lowest BCUT2D eigenvalue weighted by molar-refractivity contribution is 0.656. The largest absolute Gasteiger partial charge is 0.346 e. The van der Waals surface area contributed by atoms with Crippen LogP contribution >= 0.6 is 15.9 Å². The summed E-state index contributed by atoms with van der Waals surface area (Å²) in [7, 11) is 0. The van der Waals surface area contributed by atoms with Gasteiger partial charge in [-0.25, -0.2) is 19.9 Å². The Morgan fingerprint density at radius 2 is 1.90 bits per heavy atom. The Kier molecular flexibility index (Phi) is 3.33. The highest BCUT2D eigenvalue weighted by atomic mass is 79.9. The van der Waals surface area contributed by atoms with Crippen LogP contribution in [-0.2, 0) is 12.8 Å². The fourth-order valence-electron chi connectivity index (χ4n) is 3.37. The Balaban J connectivity index is 1.71. The molecule has 2 aliphatic rings. The topological polar surface area (TPSA) is 54.8 Å². The molecule has 5 nitrogen and oxygen atoms in total. The highest BCUT2D eigenvalue weighted by Gasteiger charge is 2.32. The maximum absolute atomic E-state index is 4.58. The van der Waals surface area contributed by atoms with Crippen LogP contribution in [0.2, 0.25) is 0 Å². The third kappa shape index (κ3) is 2.31. The van der Waals surface area contributed by atoms with Gasteiger partial charge in [0.2, 0.25) is 0 Å². The SMILES string of the molecule is Brc1cnc(C2CCCN2c2ncnc3c2CCC3)nc1. The van der Waals surface area contributed by atoms with E-state index in [0.29, 0.717) is 0 Å². The summed E-state index contributed by atoms with van der Waals surface area (Å²) in [4.78, 5) is 20.3. The van der Waals surface area contributed by atoms with Crippen LogP contribution < -0.4 is 4.90 Å². The predicted octanol–water partition coefficient (Wildman–Crippen LogP) is 2.86. The Morgan fingerprint density at radius 1 is 1.05 bits per heavy atom. The van der Waals surface area contributed by atoms with Crippen LogP contribution in [0.5, 0.6) is 0 Å². The van der Waals surface area contributed by atoms with Crippen molar-refractivity contribution in [2.45, 2.75) is 38.1 Å². The Morgan fingerprint density at radius 3 is 2.76 bits per heavy atom. The molecular weight excluding hydrogens is 330 g/mol. The predicted molar refractivity (Wildman–Crippen MR) is 83.1 cm³/mol. The minimum Gasteiger partial charge on any atom is -0.346 e. The summed E-state index contributed by atoms with van der Waals surface area (Å²) < 4.78 is 0.915. The summed E-state index contributed by atoms with van der Waals surface area (Å²) in [5.74, 6) is 1.99. The molecule has 1 aliphatic carbocycles. The quantitative estimate of drug-likeness (QED) is 0.837. The molecule has 108 valence electrons. The first-order valence-electron chi connectivity index (χ1n) is 7.40. The maximum atomic E-state index is 4.58. The van der Waals surface area contributed by atoms with Gasteiger partial charge in [0.1, 0.15) is 12.1 Å². The van der Waals surface area contributed by atoms with Crippen LogP contribution in [0.15, 0.2) is 23.2 Å². The van der Waals surface area contributed by atoms with Gasteiger partial charge < -0.3 is 4.90 Å². The lowest BCUT2D eigenvalue weighted by Crippen LogP contribution is -2.26. The summed E-state index contributed by atoms with van der Waals surface area (Å²) in [6.07, 6.45) is 11.0. The van der Waals surface area contributed by atoms with Gasteiger partial charge in [-0.15, -0.1) is 0 Å². The van der Waals surface area contributed by atoms with Crippen molar-refractivity contribution in [3.8, 4) is 0 Å². The van der Waals surface area contributed by atoms with E-state index in [1.54, 1.807) is 6.33 Å². The number of anilines is 1. The van der Waals surface area contributed by atoms with Crippen LogP contribution in [0.3, 0.4) is 0 Å². The monoisotopic (exact) mass is 345 g/mol. The van der Waals surface area contributed by atoms with Gasteiger partial charge in [0, 0.05) is 30.2 Å². The van der Waals surface area contributed by atoms with Gasteiger partial charge in [-0.1, -0.05) is 0 Å². The van der Waals surface area contributed by atoms with E-state index in [9.17, 15) is 0 Å². The molecule has 2 aromatic heterocycles. The lowest BCUT2D eigenvalue weighted by atomic mass is 10.2. The summed E-state index contributed by atoms with van der Waals surface area (Å²) >= 11 is 3.40. The van der Waals surface area contributed by atoms with Crippen LogP contribution in [0.1, 0.15) is 42.4 Å². The molecule has 0 saturated carbocycles. The Hall–Kier alpha value is -1.56. The standard InChI is InChI=1S/C15H16BrN5/c16-10-7-17-14(18-8-10)13-5-2-6-21(13)15-11-3-1-4-12(11)19-9-20-15/h7-9,13H,1-6H2. The normalized spacial score (nSPS) is 20.8. The van der Waals surface area contributed by atoms with Crippen molar-refractivity contribution in [3.63, 3.8) is 0 Å². The fraction of sp³-hybridized carbons (Fsp3) is 0.467. The van der Waals surface area contributed by atoms with Crippen LogP contribution in [-0.4, -0.2) is 26.5 Å². The van der Waals surface area contributed by atoms with Crippen molar-refractivity contribution in [2.75, 3.05) is 11.4 Å². The molecule has 1 aliphatic heterocycles. The molecule has 0 amide bonds. The fourth-order valence-corrected chi connectivity index (χ4v) is 3.58. The highest BCUT2D eigenvalue weighted by molar-refractivity contribution is 9.10. The van der Waals surface area contributed by atoms with Crippen molar-refractivity contribution in [1.82, 2.24) is 19.9 Å². The van der Waals surface area contributed by atoms with Crippen molar-refractivity contribution < 1.29 is 0 Å². The van der Waals surface area contributed by atoms with E-state index in [1.807, 2.05) is 12.4 Å². The second kappa shape index (κ2) is 5.33. The number of halogens is 1. The molecule has 21 heavy (non-hydrogen) atoms. The number of hydrogen-bond acceptors (Lipinski definition) is 5. The van der Waals surface area contributed by atoms with E-state index in [1.165, 1.54) is 17.7 Å². The average molecular weight is 346 g/mol. The molecule has 0 N–H and O–H groups in total. The number of aryl methyl sites for hydroxylation is 1. The van der Waals surface area contributed by atoms with Crippen molar-refractivity contribution >= 4 is 21.7 Å². The second-order valence-corrected chi connectivity index (χ2v) is 6.50. The smallest absolute Gasteiger partial charge is 0.150 e. The van der Waals surface area contributed by atoms with E-state index in [4.69, 9.17) is 0 Å². The molecule has 0 spiro atoms. The molecule has 1 atom stereocenters. The molecule has 0 bridgehead atoms. The van der Waals surface area contributed by atoms with E-state index in [0.717, 1.165) is 48.3 Å². The number of nitrogens with zero attached hydrogens (tertiary/aromatic N) is 5. The molecule has 1 fully saturated rings. The van der Waals surface area contributed by atoms with Gasteiger partial charge in [0.25, 0.3) is 0 Å². The van der Waals surface area contributed by atoms with Gasteiger partial charge in [-0.2, -0.15) is 0 Å². The maximum Gasteiger partial charge on any atom is 0.150 e. The molecule has 4 rings (SSSR count). The molecular formula is C15H16BrN5. The summed E-state index contributed by atoms with van der Waals surface area (Å²) in [5, 5.41) is 0. The minimum absolute atomic E-state index is 0.234. The Labute approximate surface area is 132 Å². The molecule has 0 aromatic carbocycles. The zero-order valence-corrected chi connectivity index (χ0v) is 13.3.